The minimum Gasteiger partial charge on any atom is -0.450 e. The van der Waals surface area contributed by atoms with E-state index in [-0.39, 0.29) is 5.75 Å². The lowest BCUT2D eigenvalue weighted by Gasteiger charge is -2.34. The van der Waals surface area contributed by atoms with Crippen LogP contribution in [0.15, 0.2) is 12.7 Å². The summed E-state index contributed by atoms with van der Waals surface area (Å²) in [5.74, 6) is -1.16. The Labute approximate surface area is 119 Å². The number of sulfone groups is 1. The fourth-order valence-corrected chi connectivity index (χ4v) is 2.91. The van der Waals surface area contributed by atoms with E-state index in [4.69, 9.17) is 4.74 Å². The molecule has 2 amide bonds. The van der Waals surface area contributed by atoms with Crippen LogP contribution in [0.3, 0.4) is 0 Å². The van der Waals surface area contributed by atoms with E-state index in [1.807, 2.05) is 0 Å². The van der Waals surface area contributed by atoms with Crippen LogP contribution in [0.5, 0.6) is 0 Å². The van der Waals surface area contributed by atoms with Crippen molar-refractivity contribution in [3.05, 3.63) is 12.7 Å². The van der Waals surface area contributed by atoms with Gasteiger partial charge in [0.2, 0.25) is 5.91 Å². The number of nitrogens with zero attached hydrogens (tertiary/aromatic N) is 2. The molecule has 114 valence electrons. The standard InChI is InChI=1S/C12H20N2O5S/c1-3-9-20(17,18)10-11(15)13-5-7-14(8-6-13)12(16)19-4-2/h3H,1,4-10H2,2H3. The first kappa shape index (κ1) is 16.5. The summed E-state index contributed by atoms with van der Waals surface area (Å²) in [6.07, 6.45) is 0.861. The fraction of sp³-hybridized carbons (Fsp3) is 0.667. The van der Waals surface area contributed by atoms with Crippen LogP contribution in [0.2, 0.25) is 0 Å². The van der Waals surface area contributed by atoms with Crippen molar-refractivity contribution in [1.82, 2.24) is 9.80 Å². The van der Waals surface area contributed by atoms with Crippen LogP contribution in [-0.4, -0.2) is 74.5 Å². The number of amides is 2. The minimum atomic E-state index is -3.43. The van der Waals surface area contributed by atoms with Gasteiger partial charge in [-0.25, -0.2) is 13.2 Å². The zero-order valence-corrected chi connectivity index (χ0v) is 12.4. The highest BCUT2D eigenvalue weighted by Gasteiger charge is 2.27. The lowest BCUT2D eigenvalue weighted by Crippen LogP contribution is -2.51. The molecule has 7 nitrogen and oxygen atoms in total. The predicted molar refractivity (Wildman–Crippen MR) is 74.0 cm³/mol. The Kier molecular flexibility index (Phi) is 6.00. The first-order valence-electron chi connectivity index (χ1n) is 6.40. The lowest BCUT2D eigenvalue weighted by molar-refractivity contribution is -0.130. The molecule has 1 aliphatic heterocycles. The third kappa shape index (κ3) is 4.84. The van der Waals surface area contributed by atoms with Crippen molar-refractivity contribution in [2.75, 3.05) is 44.3 Å². The van der Waals surface area contributed by atoms with E-state index in [2.05, 4.69) is 6.58 Å². The van der Waals surface area contributed by atoms with Crippen LogP contribution in [0.4, 0.5) is 4.79 Å². The molecule has 1 heterocycles. The molecule has 1 fully saturated rings. The highest BCUT2D eigenvalue weighted by Crippen LogP contribution is 2.05. The number of carbonyl (C=O) groups is 2. The maximum atomic E-state index is 11.9. The van der Waals surface area contributed by atoms with E-state index in [0.717, 1.165) is 0 Å². The van der Waals surface area contributed by atoms with Gasteiger partial charge in [0.25, 0.3) is 0 Å². The molecule has 1 aliphatic rings. The number of hydrogen-bond acceptors (Lipinski definition) is 5. The summed E-state index contributed by atoms with van der Waals surface area (Å²) in [7, 11) is -3.43. The van der Waals surface area contributed by atoms with Gasteiger partial charge >= 0.3 is 6.09 Å². The maximum absolute atomic E-state index is 11.9. The summed E-state index contributed by atoms with van der Waals surface area (Å²) >= 11 is 0. The highest BCUT2D eigenvalue weighted by molar-refractivity contribution is 7.92. The molecule has 20 heavy (non-hydrogen) atoms. The van der Waals surface area contributed by atoms with E-state index in [9.17, 15) is 18.0 Å². The van der Waals surface area contributed by atoms with E-state index >= 15 is 0 Å². The number of ether oxygens (including phenoxy) is 1. The van der Waals surface area contributed by atoms with Crippen LogP contribution in [0, 0.1) is 0 Å². The minimum absolute atomic E-state index is 0.207. The fourth-order valence-electron chi connectivity index (χ4n) is 1.87. The maximum Gasteiger partial charge on any atom is 0.409 e. The van der Waals surface area contributed by atoms with E-state index < -0.39 is 27.6 Å². The van der Waals surface area contributed by atoms with Crippen molar-refractivity contribution in [2.45, 2.75) is 6.92 Å². The molecule has 0 aliphatic carbocycles. The van der Waals surface area contributed by atoms with Gasteiger partial charge in [0, 0.05) is 26.2 Å². The van der Waals surface area contributed by atoms with Gasteiger partial charge in [-0.2, -0.15) is 0 Å². The number of piperazine rings is 1. The summed E-state index contributed by atoms with van der Waals surface area (Å²) in [6, 6.07) is 0. The average molecular weight is 304 g/mol. The van der Waals surface area contributed by atoms with Crippen molar-refractivity contribution in [3.8, 4) is 0 Å². The first-order chi connectivity index (χ1) is 9.39. The Morgan fingerprint density at radius 1 is 1.20 bits per heavy atom. The Morgan fingerprint density at radius 2 is 1.75 bits per heavy atom. The molecule has 0 aromatic carbocycles. The third-order valence-corrected chi connectivity index (χ3v) is 4.30. The van der Waals surface area contributed by atoms with Crippen molar-refractivity contribution >= 4 is 21.8 Å². The molecular weight excluding hydrogens is 284 g/mol. The van der Waals surface area contributed by atoms with E-state index in [0.29, 0.717) is 32.8 Å². The molecule has 8 heteroatoms. The lowest BCUT2D eigenvalue weighted by atomic mass is 10.3. The van der Waals surface area contributed by atoms with Crippen LogP contribution in [-0.2, 0) is 19.4 Å². The monoisotopic (exact) mass is 304 g/mol. The largest absolute Gasteiger partial charge is 0.450 e. The second-order valence-electron chi connectivity index (χ2n) is 4.41. The van der Waals surface area contributed by atoms with Gasteiger partial charge < -0.3 is 14.5 Å². The molecule has 0 spiro atoms. The van der Waals surface area contributed by atoms with Crippen LogP contribution in [0.1, 0.15) is 6.92 Å². The third-order valence-electron chi connectivity index (χ3n) is 2.87. The zero-order valence-electron chi connectivity index (χ0n) is 11.6. The molecule has 0 N–H and O–H groups in total. The second-order valence-corrected chi connectivity index (χ2v) is 6.52. The van der Waals surface area contributed by atoms with Crippen molar-refractivity contribution in [3.63, 3.8) is 0 Å². The second kappa shape index (κ2) is 7.28. The predicted octanol–water partition coefficient (Wildman–Crippen LogP) is -0.112. The van der Waals surface area contributed by atoms with Gasteiger partial charge in [0.1, 0.15) is 5.75 Å². The molecule has 1 rings (SSSR count). The summed E-state index contributed by atoms with van der Waals surface area (Å²) < 4.78 is 27.9. The topological polar surface area (TPSA) is 84.0 Å². The van der Waals surface area contributed by atoms with Gasteiger partial charge in [-0.1, -0.05) is 6.08 Å². The van der Waals surface area contributed by atoms with Gasteiger partial charge in [0.05, 0.1) is 12.4 Å². The normalized spacial score (nSPS) is 15.8. The van der Waals surface area contributed by atoms with Crippen LogP contribution >= 0.6 is 0 Å². The van der Waals surface area contributed by atoms with Gasteiger partial charge in [0.15, 0.2) is 9.84 Å². The molecule has 0 atom stereocenters. The van der Waals surface area contributed by atoms with Gasteiger partial charge in [-0.3, -0.25) is 4.79 Å². The van der Waals surface area contributed by atoms with Crippen molar-refractivity contribution in [2.24, 2.45) is 0 Å². The van der Waals surface area contributed by atoms with Gasteiger partial charge in [-0.05, 0) is 6.92 Å². The molecule has 0 bridgehead atoms. The molecule has 0 unspecified atom stereocenters. The highest BCUT2D eigenvalue weighted by atomic mass is 32.2. The van der Waals surface area contributed by atoms with Crippen LogP contribution < -0.4 is 0 Å². The summed E-state index contributed by atoms with van der Waals surface area (Å²) in [4.78, 5) is 26.3. The number of hydrogen-bond donors (Lipinski definition) is 0. The molecular formula is C12H20N2O5S. The molecule has 0 saturated carbocycles. The zero-order chi connectivity index (χ0) is 15.2. The summed E-state index contributed by atoms with van der Waals surface area (Å²) in [5.41, 5.74) is 0. The quantitative estimate of drug-likeness (QED) is 0.662. The van der Waals surface area contributed by atoms with E-state index in [1.165, 1.54) is 15.9 Å². The smallest absolute Gasteiger partial charge is 0.409 e. The summed E-state index contributed by atoms with van der Waals surface area (Å²) in [5, 5.41) is 0. The van der Waals surface area contributed by atoms with Gasteiger partial charge in [-0.15, -0.1) is 6.58 Å². The molecule has 1 saturated heterocycles. The van der Waals surface area contributed by atoms with Crippen molar-refractivity contribution < 1.29 is 22.7 Å². The van der Waals surface area contributed by atoms with E-state index in [1.54, 1.807) is 6.92 Å². The molecule has 0 aromatic rings. The Morgan fingerprint density at radius 3 is 2.25 bits per heavy atom. The van der Waals surface area contributed by atoms with Crippen molar-refractivity contribution in [1.29, 1.82) is 0 Å². The Bertz CT molecular complexity index is 466. The average Bonchev–Trinajstić information content (AvgIpc) is 2.38. The SMILES string of the molecule is C=CCS(=O)(=O)CC(=O)N1CCN(C(=O)OCC)CC1. The number of rotatable bonds is 5. The van der Waals surface area contributed by atoms with Crippen LogP contribution in [0.25, 0.3) is 0 Å². The Balaban J connectivity index is 2.47. The summed E-state index contributed by atoms with van der Waals surface area (Å²) in [6.45, 7) is 6.73. The first-order valence-corrected chi connectivity index (χ1v) is 8.22. The molecule has 0 radical (unpaired) electrons. The number of carbonyl (C=O) groups excluding carboxylic acids is 2. The molecule has 0 aromatic heterocycles. The Hall–Kier alpha value is -1.57.